The van der Waals surface area contributed by atoms with E-state index in [1.54, 1.807) is 0 Å². The molecule has 0 amide bonds. The smallest absolute Gasteiger partial charge is 0.403 e. The van der Waals surface area contributed by atoms with Crippen LogP contribution in [0.15, 0.2) is 30.3 Å². The predicted octanol–water partition coefficient (Wildman–Crippen LogP) is 4.98. The minimum atomic E-state index is -0.255. The molecule has 21 heavy (non-hydrogen) atoms. The van der Waals surface area contributed by atoms with Gasteiger partial charge < -0.3 is 9.31 Å². The van der Waals surface area contributed by atoms with Crippen LogP contribution in [0, 0.1) is 0 Å². The van der Waals surface area contributed by atoms with Crippen molar-refractivity contribution in [2.75, 3.05) is 0 Å². The maximum Gasteiger partial charge on any atom is 0.465 e. The number of rotatable bonds is 6. The van der Waals surface area contributed by atoms with Gasteiger partial charge in [-0.25, -0.2) is 0 Å². The fourth-order valence-corrected chi connectivity index (χ4v) is 2.83. The molecule has 2 rings (SSSR count). The van der Waals surface area contributed by atoms with Gasteiger partial charge in [0.05, 0.1) is 11.2 Å². The lowest BCUT2D eigenvalue weighted by Gasteiger charge is -2.32. The zero-order valence-electron chi connectivity index (χ0n) is 14.2. The average molecular weight is 288 g/mol. The first kappa shape index (κ1) is 16.6. The van der Waals surface area contributed by atoms with Gasteiger partial charge in [0.15, 0.2) is 0 Å². The molecule has 0 N–H and O–H groups in total. The summed E-state index contributed by atoms with van der Waals surface area (Å²) in [5, 5.41) is 0. The number of benzene rings is 1. The summed E-state index contributed by atoms with van der Waals surface area (Å²) in [4.78, 5) is 0. The van der Waals surface area contributed by atoms with Crippen molar-refractivity contribution in [3.05, 3.63) is 35.9 Å². The third-order valence-electron chi connectivity index (χ3n) is 4.95. The van der Waals surface area contributed by atoms with E-state index < -0.39 is 0 Å². The molecule has 116 valence electrons. The highest BCUT2D eigenvalue weighted by Gasteiger charge is 2.53. The van der Waals surface area contributed by atoms with E-state index in [1.165, 1.54) is 24.8 Å². The fraction of sp³-hybridized carbons (Fsp3) is 0.667. The van der Waals surface area contributed by atoms with E-state index >= 15 is 0 Å². The standard InChI is InChI=1S/C18H29BO2/c1-6-7-9-14-16(15-12-10-8-11-13-15)19-20-17(2,3)18(4,5)21-19/h8,10-13,16H,6-7,9,14H2,1-5H3/t16-/m1/s1. The highest BCUT2D eigenvalue weighted by Crippen LogP contribution is 2.42. The van der Waals surface area contributed by atoms with E-state index in [2.05, 4.69) is 65.0 Å². The molecular formula is C18H29BO2. The summed E-state index contributed by atoms with van der Waals surface area (Å²) in [7, 11) is -0.144. The van der Waals surface area contributed by atoms with Crippen molar-refractivity contribution in [1.29, 1.82) is 0 Å². The Balaban J connectivity index is 2.17. The quantitative estimate of drug-likeness (QED) is 0.543. The highest BCUT2D eigenvalue weighted by molar-refractivity contribution is 6.47. The molecule has 1 aliphatic heterocycles. The van der Waals surface area contributed by atoms with Crippen LogP contribution in [-0.4, -0.2) is 18.3 Å². The minimum absolute atomic E-state index is 0.144. The molecule has 1 atom stereocenters. The van der Waals surface area contributed by atoms with Crippen LogP contribution >= 0.6 is 0 Å². The Morgan fingerprint density at radius 1 is 0.952 bits per heavy atom. The Hall–Kier alpha value is -0.795. The lowest BCUT2D eigenvalue weighted by Crippen LogP contribution is -2.41. The van der Waals surface area contributed by atoms with Gasteiger partial charge in [0.1, 0.15) is 0 Å². The average Bonchev–Trinajstić information content (AvgIpc) is 2.64. The third-order valence-corrected chi connectivity index (χ3v) is 4.95. The van der Waals surface area contributed by atoms with E-state index in [0.29, 0.717) is 5.82 Å². The van der Waals surface area contributed by atoms with Crippen LogP contribution in [0.3, 0.4) is 0 Å². The Labute approximate surface area is 130 Å². The number of hydrogen-bond donors (Lipinski definition) is 0. The Kier molecular flexibility index (Phi) is 5.16. The first-order valence-corrected chi connectivity index (χ1v) is 8.28. The van der Waals surface area contributed by atoms with E-state index in [-0.39, 0.29) is 18.3 Å². The third kappa shape index (κ3) is 3.70. The summed E-state index contributed by atoms with van der Waals surface area (Å²) >= 11 is 0. The van der Waals surface area contributed by atoms with Gasteiger partial charge >= 0.3 is 7.12 Å². The normalized spacial score (nSPS) is 21.5. The van der Waals surface area contributed by atoms with Gasteiger partial charge in [0.2, 0.25) is 0 Å². The van der Waals surface area contributed by atoms with Gasteiger partial charge in [-0.2, -0.15) is 0 Å². The highest BCUT2D eigenvalue weighted by atomic mass is 16.7. The summed E-state index contributed by atoms with van der Waals surface area (Å²) in [5.74, 6) is 0.318. The lowest BCUT2D eigenvalue weighted by molar-refractivity contribution is 0.00578. The molecule has 0 aromatic heterocycles. The number of unbranched alkanes of at least 4 members (excludes halogenated alkanes) is 2. The zero-order chi connectivity index (χ0) is 15.5. The lowest BCUT2D eigenvalue weighted by atomic mass is 9.65. The Morgan fingerprint density at radius 2 is 1.52 bits per heavy atom. The van der Waals surface area contributed by atoms with Gasteiger partial charge in [-0.05, 0) is 39.7 Å². The first-order chi connectivity index (χ1) is 9.87. The van der Waals surface area contributed by atoms with Crippen molar-refractivity contribution in [1.82, 2.24) is 0 Å². The molecule has 0 bridgehead atoms. The zero-order valence-corrected chi connectivity index (χ0v) is 14.2. The van der Waals surface area contributed by atoms with Crippen LogP contribution < -0.4 is 0 Å². The maximum absolute atomic E-state index is 6.29. The molecule has 1 fully saturated rings. The maximum atomic E-state index is 6.29. The van der Waals surface area contributed by atoms with Crippen molar-refractivity contribution in [3.8, 4) is 0 Å². The van der Waals surface area contributed by atoms with Gasteiger partial charge in [-0.3, -0.25) is 0 Å². The molecule has 0 radical (unpaired) electrons. The summed E-state index contributed by atoms with van der Waals surface area (Å²) in [6, 6.07) is 10.7. The summed E-state index contributed by atoms with van der Waals surface area (Å²) in [5.41, 5.74) is 0.817. The van der Waals surface area contributed by atoms with Crippen molar-refractivity contribution in [2.45, 2.75) is 77.3 Å². The monoisotopic (exact) mass is 288 g/mol. The van der Waals surface area contributed by atoms with E-state index in [9.17, 15) is 0 Å². The second kappa shape index (κ2) is 6.54. The molecule has 3 heteroatoms. The van der Waals surface area contributed by atoms with E-state index in [4.69, 9.17) is 9.31 Å². The van der Waals surface area contributed by atoms with Gasteiger partial charge in [0.25, 0.3) is 0 Å². The second-order valence-corrected chi connectivity index (χ2v) is 7.14. The van der Waals surface area contributed by atoms with Crippen LogP contribution in [0.25, 0.3) is 0 Å². The first-order valence-electron chi connectivity index (χ1n) is 8.28. The van der Waals surface area contributed by atoms with Crippen LogP contribution in [0.1, 0.15) is 71.7 Å². The van der Waals surface area contributed by atoms with Crippen LogP contribution in [-0.2, 0) is 9.31 Å². The van der Waals surface area contributed by atoms with E-state index in [0.717, 1.165) is 6.42 Å². The molecule has 0 aliphatic carbocycles. The van der Waals surface area contributed by atoms with Crippen molar-refractivity contribution in [2.24, 2.45) is 0 Å². The molecule has 0 spiro atoms. The summed E-state index contributed by atoms with van der Waals surface area (Å²) in [6.45, 7) is 10.7. The molecule has 1 aromatic rings. The second-order valence-electron chi connectivity index (χ2n) is 7.14. The Morgan fingerprint density at radius 3 is 2.05 bits per heavy atom. The topological polar surface area (TPSA) is 18.5 Å². The molecule has 1 aliphatic rings. The predicted molar refractivity (Wildman–Crippen MR) is 89.4 cm³/mol. The largest absolute Gasteiger partial charge is 0.465 e. The van der Waals surface area contributed by atoms with Crippen molar-refractivity contribution < 1.29 is 9.31 Å². The van der Waals surface area contributed by atoms with Gasteiger partial charge in [0, 0.05) is 5.82 Å². The molecular weight excluding hydrogens is 259 g/mol. The van der Waals surface area contributed by atoms with Crippen LogP contribution in [0.2, 0.25) is 0 Å². The van der Waals surface area contributed by atoms with Crippen molar-refractivity contribution in [3.63, 3.8) is 0 Å². The van der Waals surface area contributed by atoms with Crippen molar-refractivity contribution >= 4 is 7.12 Å². The molecule has 0 saturated carbocycles. The van der Waals surface area contributed by atoms with E-state index in [1.807, 2.05) is 0 Å². The number of hydrogen-bond acceptors (Lipinski definition) is 2. The molecule has 1 saturated heterocycles. The SMILES string of the molecule is CCCCC[C@@H](B1OC(C)(C)C(C)(C)O1)c1ccccc1. The van der Waals surface area contributed by atoms with Gasteiger partial charge in [-0.1, -0.05) is 56.5 Å². The molecule has 1 heterocycles. The summed E-state index contributed by atoms with van der Waals surface area (Å²) < 4.78 is 12.6. The van der Waals surface area contributed by atoms with Gasteiger partial charge in [-0.15, -0.1) is 0 Å². The fourth-order valence-electron chi connectivity index (χ4n) is 2.83. The molecule has 0 unspecified atom stereocenters. The summed E-state index contributed by atoms with van der Waals surface area (Å²) in [6.07, 6.45) is 4.85. The molecule has 2 nitrogen and oxygen atoms in total. The Bertz CT molecular complexity index is 426. The minimum Gasteiger partial charge on any atom is -0.403 e. The molecule has 1 aromatic carbocycles. The van der Waals surface area contributed by atoms with Crippen LogP contribution in [0.5, 0.6) is 0 Å². The van der Waals surface area contributed by atoms with Crippen LogP contribution in [0.4, 0.5) is 0 Å².